The summed E-state index contributed by atoms with van der Waals surface area (Å²) in [5.41, 5.74) is 5.83. The second-order valence-corrected chi connectivity index (χ2v) is 6.08. The molecule has 0 radical (unpaired) electrons. The summed E-state index contributed by atoms with van der Waals surface area (Å²) in [6.07, 6.45) is 3.02. The first-order valence-corrected chi connectivity index (χ1v) is 7.54. The molecule has 1 aliphatic carbocycles. The lowest BCUT2D eigenvalue weighted by Gasteiger charge is -2.17. The molecule has 20 heavy (non-hydrogen) atoms. The summed E-state index contributed by atoms with van der Waals surface area (Å²) in [7, 11) is 0. The highest BCUT2D eigenvalue weighted by Crippen LogP contribution is 2.31. The molecule has 108 valence electrons. The van der Waals surface area contributed by atoms with E-state index in [4.69, 9.17) is 5.73 Å². The number of hydrogen-bond donors (Lipinski definition) is 3. The van der Waals surface area contributed by atoms with Crippen molar-refractivity contribution >= 4 is 34.1 Å². The Morgan fingerprint density at radius 3 is 3.05 bits per heavy atom. The zero-order valence-electron chi connectivity index (χ0n) is 11.0. The van der Waals surface area contributed by atoms with Crippen molar-refractivity contribution in [1.29, 1.82) is 0 Å². The SMILES string of the molecule is Nc1nc(NC2CC2)sc1C(=O)N1CCCNC(=O)C1. The van der Waals surface area contributed by atoms with E-state index in [1.165, 1.54) is 16.2 Å². The summed E-state index contributed by atoms with van der Waals surface area (Å²) in [4.78, 5) is 30.1. The number of thiazole rings is 1. The zero-order valence-corrected chi connectivity index (χ0v) is 11.8. The fraction of sp³-hybridized carbons (Fsp3) is 0.583. The van der Waals surface area contributed by atoms with Gasteiger partial charge in [-0.2, -0.15) is 0 Å². The van der Waals surface area contributed by atoms with E-state index in [1.54, 1.807) is 0 Å². The van der Waals surface area contributed by atoms with Crippen LogP contribution < -0.4 is 16.4 Å². The third kappa shape index (κ3) is 2.84. The molecule has 0 bridgehead atoms. The van der Waals surface area contributed by atoms with Gasteiger partial charge in [-0.1, -0.05) is 11.3 Å². The average molecular weight is 295 g/mol. The van der Waals surface area contributed by atoms with Crippen molar-refractivity contribution in [2.24, 2.45) is 0 Å². The van der Waals surface area contributed by atoms with Crippen LogP contribution in [0.3, 0.4) is 0 Å². The molecular formula is C12H17N5O2S. The maximum absolute atomic E-state index is 12.4. The van der Waals surface area contributed by atoms with E-state index in [0.717, 1.165) is 19.3 Å². The smallest absolute Gasteiger partial charge is 0.268 e. The van der Waals surface area contributed by atoms with Crippen molar-refractivity contribution in [3.8, 4) is 0 Å². The molecule has 0 unspecified atom stereocenters. The fourth-order valence-corrected chi connectivity index (χ4v) is 3.00. The maximum atomic E-state index is 12.4. The van der Waals surface area contributed by atoms with Gasteiger partial charge in [0.25, 0.3) is 5.91 Å². The fourth-order valence-electron chi connectivity index (χ4n) is 2.07. The van der Waals surface area contributed by atoms with E-state index in [-0.39, 0.29) is 24.2 Å². The van der Waals surface area contributed by atoms with Crippen LogP contribution in [0, 0.1) is 0 Å². The van der Waals surface area contributed by atoms with Gasteiger partial charge in [0.15, 0.2) is 5.13 Å². The molecule has 1 aromatic heterocycles. The summed E-state index contributed by atoms with van der Waals surface area (Å²) in [6.45, 7) is 1.25. The molecule has 0 spiro atoms. The number of hydrogen-bond acceptors (Lipinski definition) is 6. The zero-order chi connectivity index (χ0) is 14.1. The Morgan fingerprint density at radius 1 is 1.50 bits per heavy atom. The summed E-state index contributed by atoms with van der Waals surface area (Å²) in [5, 5.41) is 6.67. The molecule has 3 rings (SSSR count). The standard InChI is InChI=1S/C12H17N5O2S/c13-10-9(20-12(16-10)15-7-2-3-7)11(19)17-5-1-4-14-8(18)6-17/h7H,1-6,13H2,(H,14,18)(H,15,16). The van der Waals surface area contributed by atoms with Gasteiger partial charge in [0.05, 0.1) is 6.54 Å². The topological polar surface area (TPSA) is 100 Å². The number of amides is 2. The number of anilines is 2. The Morgan fingerprint density at radius 2 is 2.30 bits per heavy atom. The number of nitrogen functional groups attached to an aromatic ring is 1. The number of aromatic nitrogens is 1. The van der Waals surface area contributed by atoms with Crippen LogP contribution in [0.5, 0.6) is 0 Å². The Kier molecular flexibility index (Phi) is 3.47. The molecule has 4 N–H and O–H groups in total. The van der Waals surface area contributed by atoms with E-state index >= 15 is 0 Å². The molecule has 2 aliphatic rings. The van der Waals surface area contributed by atoms with Crippen LogP contribution in [-0.2, 0) is 4.79 Å². The van der Waals surface area contributed by atoms with Crippen LogP contribution in [0.1, 0.15) is 28.9 Å². The summed E-state index contributed by atoms with van der Waals surface area (Å²) < 4.78 is 0. The Bertz CT molecular complexity index is 540. The third-order valence-electron chi connectivity index (χ3n) is 3.30. The van der Waals surface area contributed by atoms with Gasteiger partial charge in [0, 0.05) is 19.1 Å². The van der Waals surface area contributed by atoms with Crippen molar-refractivity contribution in [3.05, 3.63) is 4.88 Å². The molecule has 8 heteroatoms. The van der Waals surface area contributed by atoms with E-state index in [2.05, 4.69) is 15.6 Å². The Balaban J connectivity index is 1.74. The van der Waals surface area contributed by atoms with Crippen LogP contribution in [0.4, 0.5) is 10.9 Å². The normalized spacial score (nSPS) is 19.4. The van der Waals surface area contributed by atoms with E-state index in [9.17, 15) is 9.59 Å². The minimum atomic E-state index is -0.208. The predicted molar refractivity (Wildman–Crippen MR) is 76.7 cm³/mol. The van der Waals surface area contributed by atoms with Gasteiger partial charge in [-0.25, -0.2) is 4.98 Å². The molecule has 1 aromatic rings. The number of nitrogens with two attached hydrogens (primary N) is 1. The van der Waals surface area contributed by atoms with Gasteiger partial charge in [-0.3, -0.25) is 9.59 Å². The quantitative estimate of drug-likeness (QED) is 0.743. The number of rotatable bonds is 3. The minimum Gasteiger partial charge on any atom is -0.382 e. The van der Waals surface area contributed by atoms with Gasteiger partial charge < -0.3 is 21.3 Å². The molecule has 0 aromatic carbocycles. The van der Waals surface area contributed by atoms with E-state index < -0.39 is 0 Å². The van der Waals surface area contributed by atoms with E-state index in [0.29, 0.717) is 29.1 Å². The molecule has 2 heterocycles. The molecule has 7 nitrogen and oxygen atoms in total. The summed E-state index contributed by atoms with van der Waals surface area (Å²) in [6, 6.07) is 0.465. The lowest BCUT2D eigenvalue weighted by atomic mass is 10.3. The highest BCUT2D eigenvalue weighted by atomic mass is 32.1. The molecule has 2 fully saturated rings. The van der Waals surface area contributed by atoms with Crippen molar-refractivity contribution in [2.75, 3.05) is 30.7 Å². The number of nitrogens with zero attached hydrogens (tertiary/aromatic N) is 2. The highest BCUT2D eigenvalue weighted by Gasteiger charge is 2.27. The first-order valence-electron chi connectivity index (χ1n) is 6.72. The Hall–Kier alpha value is -1.83. The monoisotopic (exact) mass is 295 g/mol. The van der Waals surface area contributed by atoms with Crippen molar-refractivity contribution in [2.45, 2.75) is 25.3 Å². The molecule has 1 saturated heterocycles. The van der Waals surface area contributed by atoms with Gasteiger partial charge in [-0.15, -0.1) is 0 Å². The highest BCUT2D eigenvalue weighted by molar-refractivity contribution is 7.18. The third-order valence-corrected chi connectivity index (χ3v) is 4.29. The average Bonchev–Trinajstić information content (AvgIpc) is 3.17. The molecule has 1 saturated carbocycles. The summed E-state index contributed by atoms with van der Waals surface area (Å²) >= 11 is 1.27. The second-order valence-electron chi connectivity index (χ2n) is 5.08. The lowest BCUT2D eigenvalue weighted by Crippen LogP contribution is -2.37. The van der Waals surface area contributed by atoms with Gasteiger partial charge in [-0.05, 0) is 19.3 Å². The van der Waals surface area contributed by atoms with Crippen molar-refractivity contribution in [1.82, 2.24) is 15.2 Å². The minimum absolute atomic E-state index is 0.0849. The van der Waals surface area contributed by atoms with Crippen LogP contribution in [0.25, 0.3) is 0 Å². The van der Waals surface area contributed by atoms with Crippen LogP contribution in [-0.4, -0.2) is 47.4 Å². The molecule has 0 atom stereocenters. The lowest BCUT2D eigenvalue weighted by molar-refractivity contribution is -0.121. The number of nitrogens with one attached hydrogen (secondary N) is 2. The predicted octanol–water partition coefficient (Wildman–Crippen LogP) is 0.262. The van der Waals surface area contributed by atoms with E-state index in [1.807, 2.05) is 0 Å². The molecule has 2 amide bonds. The maximum Gasteiger partial charge on any atom is 0.268 e. The van der Waals surface area contributed by atoms with Gasteiger partial charge >= 0.3 is 0 Å². The molecular weight excluding hydrogens is 278 g/mol. The Labute approximate surface area is 120 Å². The first kappa shape index (κ1) is 13.2. The largest absolute Gasteiger partial charge is 0.382 e. The number of carbonyl (C=O) groups is 2. The van der Waals surface area contributed by atoms with Gasteiger partial charge in [0.2, 0.25) is 5.91 Å². The van der Waals surface area contributed by atoms with Crippen molar-refractivity contribution < 1.29 is 9.59 Å². The first-order chi connectivity index (χ1) is 9.63. The number of carbonyl (C=O) groups excluding carboxylic acids is 2. The van der Waals surface area contributed by atoms with Crippen LogP contribution in [0.15, 0.2) is 0 Å². The van der Waals surface area contributed by atoms with Crippen LogP contribution in [0.2, 0.25) is 0 Å². The van der Waals surface area contributed by atoms with Crippen LogP contribution >= 0.6 is 11.3 Å². The van der Waals surface area contributed by atoms with Crippen molar-refractivity contribution in [3.63, 3.8) is 0 Å². The second kappa shape index (κ2) is 5.28. The van der Waals surface area contributed by atoms with Gasteiger partial charge in [0.1, 0.15) is 10.7 Å². The molecule has 1 aliphatic heterocycles. The summed E-state index contributed by atoms with van der Waals surface area (Å²) in [5.74, 6) is -0.0935.